The van der Waals surface area contributed by atoms with Gasteiger partial charge in [-0.2, -0.15) is 0 Å². The van der Waals surface area contributed by atoms with Gasteiger partial charge in [0.05, 0.1) is 0 Å². The van der Waals surface area contributed by atoms with Gasteiger partial charge in [-0.25, -0.2) is 0 Å². The lowest BCUT2D eigenvalue weighted by Gasteiger charge is -2.38. The van der Waals surface area contributed by atoms with E-state index in [9.17, 15) is 4.79 Å². The first kappa shape index (κ1) is 17.7. The van der Waals surface area contributed by atoms with Crippen LogP contribution in [-0.4, -0.2) is 18.5 Å². The summed E-state index contributed by atoms with van der Waals surface area (Å²) >= 11 is 0. The molecule has 1 aliphatic rings. The molecule has 0 radical (unpaired) electrons. The largest absolute Gasteiger partial charge is 0.352 e. The Hall–Kier alpha value is -0.280. The zero-order valence-electron chi connectivity index (χ0n) is 12.2. The third kappa shape index (κ3) is 6.05. The van der Waals surface area contributed by atoms with Crippen molar-refractivity contribution in [2.45, 2.75) is 59.4 Å². The van der Waals surface area contributed by atoms with Crippen LogP contribution in [0.15, 0.2) is 0 Å². The van der Waals surface area contributed by atoms with Crippen molar-refractivity contribution in [3.8, 4) is 0 Å². The highest BCUT2D eigenvalue weighted by molar-refractivity contribution is 5.85. The van der Waals surface area contributed by atoms with Crippen molar-refractivity contribution < 1.29 is 4.79 Å². The predicted molar refractivity (Wildman–Crippen MR) is 78.8 cm³/mol. The molecule has 0 aromatic carbocycles. The molecule has 0 spiro atoms. The molecule has 108 valence electrons. The summed E-state index contributed by atoms with van der Waals surface area (Å²) in [6.45, 7) is 9.39. The minimum atomic E-state index is 0. The highest BCUT2D eigenvalue weighted by Crippen LogP contribution is 2.42. The fourth-order valence-electron chi connectivity index (χ4n) is 3.35. The second-order valence-corrected chi connectivity index (χ2v) is 6.69. The topological polar surface area (TPSA) is 55.1 Å². The van der Waals surface area contributed by atoms with Crippen LogP contribution >= 0.6 is 12.4 Å². The molecule has 0 heterocycles. The average Bonchev–Trinajstić information content (AvgIpc) is 2.13. The van der Waals surface area contributed by atoms with Crippen molar-refractivity contribution in [1.29, 1.82) is 0 Å². The maximum atomic E-state index is 11.8. The smallest absolute Gasteiger partial charge is 0.220 e. The lowest BCUT2D eigenvalue weighted by atomic mass is 9.67. The summed E-state index contributed by atoms with van der Waals surface area (Å²) in [4.78, 5) is 11.8. The highest BCUT2D eigenvalue weighted by atomic mass is 35.5. The third-order valence-electron chi connectivity index (χ3n) is 3.71. The monoisotopic (exact) mass is 276 g/mol. The van der Waals surface area contributed by atoms with Crippen LogP contribution in [0.2, 0.25) is 0 Å². The van der Waals surface area contributed by atoms with Crippen molar-refractivity contribution >= 4 is 18.3 Å². The molecule has 1 saturated carbocycles. The summed E-state index contributed by atoms with van der Waals surface area (Å²) < 4.78 is 0. The van der Waals surface area contributed by atoms with Gasteiger partial charge in [0, 0.05) is 19.0 Å². The Bertz CT molecular complexity index is 269. The van der Waals surface area contributed by atoms with Gasteiger partial charge in [0.2, 0.25) is 5.91 Å². The minimum Gasteiger partial charge on any atom is -0.352 e. The van der Waals surface area contributed by atoms with Crippen molar-refractivity contribution in [1.82, 2.24) is 5.32 Å². The number of carbonyl (C=O) groups is 1. The number of hydrogen-bond donors (Lipinski definition) is 2. The zero-order chi connectivity index (χ0) is 13.1. The molecule has 4 heteroatoms. The van der Waals surface area contributed by atoms with E-state index in [4.69, 9.17) is 5.73 Å². The quantitative estimate of drug-likeness (QED) is 0.830. The van der Waals surface area contributed by atoms with E-state index in [-0.39, 0.29) is 24.4 Å². The van der Waals surface area contributed by atoms with Crippen molar-refractivity contribution in [2.75, 3.05) is 6.54 Å². The molecule has 1 fully saturated rings. The highest BCUT2D eigenvalue weighted by Gasteiger charge is 2.32. The number of carbonyl (C=O) groups excluding carboxylic acids is 1. The third-order valence-corrected chi connectivity index (χ3v) is 3.71. The first-order valence-electron chi connectivity index (χ1n) is 6.82. The maximum Gasteiger partial charge on any atom is 0.220 e. The van der Waals surface area contributed by atoms with Crippen LogP contribution in [0.1, 0.15) is 53.4 Å². The van der Waals surface area contributed by atoms with Gasteiger partial charge < -0.3 is 11.1 Å². The molecule has 0 aromatic heterocycles. The molecule has 3 N–H and O–H groups in total. The first-order chi connectivity index (χ1) is 7.82. The second kappa shape index (κ2) is 7.34. The standard InChI is InChI=1S/C14H28N2O.ClH/c1-10-5-12(8-14(3,4)7-10)6-13(17)16-11(2)9-15;/h10-12H,5-9,15H2,1-4H3,(H,16,17);1H/t10?,11-,12?;/m0./s1. The summed E-state index contributed by atoms with van der Waals surface area (Å²) in [6, 6.07) is 0.0940. The molecule has 0 saturated heterocycles. The molecule has 0 aliphatic heterocycles. The summed E-state index contributed by atoms with van der Waals surface area (Å²) in [5.41, 5.74) is 5.89. The fraction of sp³-hybridized carbons (Fsp3) is 0.929. The van der Waals surface area contributed by atoms with E-state index in [0.717, 1.165) is 5.92 Å². The molecule has 1 amide bonds. The van der Waals surface area contributed by atoms with E-state index in [1.165, 1.54) is 19.3 Å². The van der Waals surface area contributed by atoms with Crippen LogP contribution < -0.4 is 11.1 Å². The van der Waals surface area contributed by atoms with E-state index < -0.39 is 0 Å². The number of nitrogens with one attached hydrogen (secondary N) is 1. The van der Waals surface area contributed by atoms with E-state index in [2.05, 4.69) is 26.1 Å². The molecule has 0 bridgehead atoms. The Morgan fingerprint density at radius 2 is 2.06 bits per heavy atom. The number of rotatable bonds is 4. The normalized spacial score (nSPS) is 28.1. The van der Waals surface area contributed by atoms with Gasteiger partial charge in [-0.05, 0) is 43.4 Å². The second-order valence-electron chi connectivity index (χ2n) is 6.69. The molecular weight excluding hydrogens is 248 g/mol. The Balaban J connectivity index is 0.00000289. The molecule has 0 aromatic rings. The Morgan fingerprint density at radius 3 is 2.56 bits per heavy atom. The van der Waals surface area contributed by atoms with Crippen molar-refractivity contribution in [3.05, 3.63) is 0 Å². The molecule has 1 aliphatic carbocycles. The number of amides is 1. The lowest BCUT2D eigenvalue weighted by Crippen LogP contribution is -2.39. The Morgan fingerprint density at radius 1 is 1.44 bits per heavy atom. The van der Waals surface area contributed by atoms with E-state index in [0.29, 0.717) is 24.3 Å². The molecule has 18 heavy (non-hydrogen) atoms. The summed E-state index contributed by atoms with van der Waals surface area (Å²) in [5.74, 6) is 1.44. The lowest BCUT2D eigenvalue weighted by molar-refractivity contribution is -0.123. The molecule has 1 rings (SSSR count). The fourth-order valence-corrected chi connectivity index (χ4v) is 3.35. The van der Waals surface area contributed by atoms with Gasteiger partial charge in [0.1, 0.15) is 0 Å². The molecule has 3 atom stereocenters. The van der Waals surface area contributed by atoms with Crippen molar-refractivity contribution in [3.63, 3.8) is 0 Å². The van der Waals surface area contributed by atoms with E-state index in [1.54, 1.807) is 0 Å². The van der Waals surface area contributed by atoms with E-state index in [1.807, 2.05) is 6.92 Å². The predicted octanol–water partition coefficient (Wildman–Crippen LogP) is 2.72. The Kier molecular flexibility index (Phi) is 7.23. The van der Waals surface area contributed by atoms with Gasteiger partial charge in [0.15, 0.2) is 0 Å². The van der Waals surface area contributed by atoms with Crippen LogP contribution in [0.3, 0.4) is 0 Å². The van der Waals surface area contributed by atoms with Gasteiger partial charge in [0.25, 0.3) is 0 Å². The number of halogens is 1. The van der Waals surface area contributed by atoms with E-state index >= 15 is 0 Å². The van der Waals surface area contributed by atoms with Gasteiger partial charge in [-0.1, -0.05) is 20.8 Å². The first-order valence-corrected chi connectivity index (χ1v) is 6.82. The number of nitrogens with two attached hydrogens (primary N) is 1. The SMILES string of the molecule is CC1CC(CC(=O)N[C@@H](C)CN)CC(C)(C)C1.Cl. The minimum absolute atomic E-state index is 0. The van der Waals surface area contributed by atoms with Gasteiger partial charge in [-0.15, -0.1) is 12.4 Å². The molecular formula is C14H29ClN2O. The van der Waals surface area contributed by atoms with Crippen LogP contribution in [0, 0.1) is 17.3 Å². The van der Waals surface area contributed by atoms with Crippen LogP contribution in [-0.2, 0) is 4.79 Å². The van der Waals surface area contributed by atoms with Gasteiger partial charge >= 0.3 is 0 Å². The van der Waals surface area contributed by atoms with Crippen LogP contribution in [0.25, 0.3) is 0 Å². The average molecular weight is 277 g/mol. The molecule has 3 nitrogen and oxygen atoms in total. The van der Waals surface area contributed by atoms with Gasteiger partial charge in [-0.3, -0.25) is 4.79 Å². The Labute approximate surface area is 118 Å². The van der Waals surface area contributed by atoms with Crippen LogP contribution in [0.5, 0.6) is 0 Å². The number of hydrogen-bond acceptors (Lipinski definition) is 2. The van der Waals surface area contributed by atoms with Crippen molar-refractivity contribution in [2.24, 2.45) is 23.0 Å². The summed E-state index contributed by atoms with van der Waals surface area (Å²) in [6.07, 6.45) is 4.30. The summed E-state index contributed by atoms with van der Waals surface area (Å²) in [5, 5.41) is 2.96. The zero-order valence-corrected chi connectivity index (χ0v) is 13.0. The molecule has 2 unspecified atom stereocenters. The summed E-state index contributed by atoms with van der Waals surface area (Å²) in [7, 11) is 0. The maximum absolute atomic E-state index is 11.8. The van der Waals surface area contributed by atoms with Crippen LogP contribution in [0.4, 0.5) is 0 Å².